The van der Waals surface area contributed by atoms with Gasteiger partial charge in [0.25, 0.3) is 5.91 Å². The highest BCUT2D eigenvalue weighted by Gasteiger charge is 2.50. The topological polar surface area (TPSA) is 65.7 Å². The first-order chi connectivity index (χ1) is 16.1. The molecule has 0 N–H and O–H groups in total. The van der Waals surface area contributed by atoms with Gasteiger partial charge in [-0.25, -0.2) is 0 Å². The van der Waals surface area contributed by atoms with Crippen LogP contribution in [0.3, 0.4) is 0 Å². The molecule has 0 bridgehead atoms. The number of rotatable bonds is 5. The van der Waals surface area contributed by atoms with Crippen LogP contribution in [0.2, 0.25) is 0 Å². The second-order valence-corrected chi connectivity index (χ2v) is 8.54. The van der Waals surface area contributed by atoms with Gasteiger partial charge in [0.2, 0.25) is 0 Å². The maximum atomic E-state index is 13.1. The molecule has 3 aromatic carbocycles. The van der Waals surface area contributed by atoms with Crippen molar-refractivity contribution in [1.82, 2.24) is 4.90 Å². The summed E-state index contributed by atoms with van der Waals surface area (Å²) in [5.74, 6) is 0.875. The molecule has 0 radical (unpaired) electrons. The Morgan fingerprint density at radius 2 is 1.79 bits per heavy atom. The number of hydrogen-bond donors (Lipinski definition) is 0. The van der Waals surface area contributed by atoms with E-state index in [0.717, 1.165) is 33.7 Å². The molecule has 33 heavy (non-hydrogen) atoms. The fourth-order valence-electron chi connectivity index (χ4n) is 4.63. The molecule has 5 rings (SSSR count). The number of amides is 1. The van der Waals surface area contributed by atoms with E-state index < -0.39 is 5.54 Å². The summed E-state index contributed by atoms with van der Waals surface area (Å²) in [4.78, 5) is 19.7. The standard InChI is InChI=1S/C28H25N3O2/c1-2-26-30-28(14-15-33-19-28)27(32)31(26)18-20-8-10-22(11-9-20)25-16-23(12-13-24(25)17-29)21-6-4-3-5-7-21/h3-13,16H,2,14-15,18-19H2,1H3. The number of amidine groups is 1. The van der Waals surface area contributed by atoms with Gasteiger partial charge in [-0.15, -0.1) is 0 Å². The summed E-state index contributed by atoms with van der Waals surface area (Å²) in [6.07, 6.45) is 1.36. The molecule has 1 atom stereocenters. The first-order valence-corrected chi connectivity index (χ1v) is 11.3. The fourth-order valence-corrected chi connectivity index (χ4v) is 4.63. The first kappa shape index (κ1) is 21.1. The van der Waals surface area contributed by atoms with Gasteiger partial charge in [0.15, 0.2) is 5.54 Å². The smallest absolute Gasteiger partial charge is 0.258 e. The number of aliphatic imine (C=N–C) groups is 1. The van der Waals surface area contributed by atoms with Crippen LogP contribution in [0.25, 0.3) is 22.3 Å². The van der Waals surface area contributed by atoms with Crippen LogP contribution in [0.5, 0.6) is 0 Å². The molecule has 2 heterocycles. The van der Waals surface area contributed by atoms with Crippen molar-refractivity contribution in [2.24, 2.45) is 4.99 Å². The zero-order valence-corrected chi connectivity index (χ0v) is 18.6. The Hall–Kier alpha value is -3.75. The summed E-state index contributed by atoms with van der Waals surface area (Å²) in [6.45, 7) is 3.47. The average Bonchev–Trinajstić information content (AvgIpc) is 3.45. The minimum Gasteiger partial charge on any atom is -0.378 e. The van der Waals surface area contributed by atoms with E-state index in [0.29, 0.717) is 38.2 Å². The van der Waals surface area contributed by atoms with E-state index in [2.05, 4.69) is 24.3 Å². The van der Waals surface area contributed by atoms with Crippen molar-refractivity contribution < 1.29 is 9.53 Å². The van der Waals surface area contributed by atoms with Crippen LogP contribution in [0.15, 0.2) is 77.8 Å². The highest BCUT2D eigenvalue weighted by molar-refractivity contribution is 6.08. The third-order valence-electron chi connectivity index (χ3n) is 6.47. The second kappa shape index (κ2) is 8.65. The Kier molecular flexibility index (Phi) is 5.53. The van der Waals surface area contributed by atoms with Crippen molar-refractivity contribution >= 4 is 11.7 Å². The summed E-state index contributed by atoms with van der Waals surface area (Å²) in [5, 5.41) is 9.65. The number of carbonyl (C=O) groups is 1. The highest BCUT2D eigenvalue weighted by Crippen LogP contribution is 2.34. The zero-order valence-electron chi connectivity index (χ0n) is 18.6. The van der Waals surface area contributed by atoms with Crippen LogP contribution in [0.1, 0.15) is 30.9 Å². The van der Waals surface area contributed by atoms with Gasteiger partial charge in [-0.05, 0) is 34.4 Å². The van der Waals surface area contributed by atoms with Crippen LogP contribution in [-0.2, 0) is 16.1 Å². The van der Waals surface area contributed by atoms with Crippen LogP contribution < -0.4 is 0 Å². The van der Waals surface area contributed by atoms with Gasteiger partial charge in [-0.2, -0.15) is 5.26 Å². The van der Waals surface area contributed by atoms with E-state index in [1.165, 1.54) is 0 Å². The lowest BCUT2D eigenvalue weighted by Gasteiger charge is -2.21. The number of nitrogens with zero attached hydrogens (tertiary/aromatic N) is 3. The summed E-state index contributed by atoms with van der Waals surface area (Å²) in [5.41, 5.74) is 5.02. The third kappa shape index (κ3) is 3.83. The Balaban J connectivity index is 1.41. The van der Waals surface area contributed by atoms with Crippen LogP contribution >= 0.6 is 0 Å². The van der Waals surface area contributed by atoms with Crippen molar-refractivity contribution in [1.29, 1.82) is 5.26 Å². The van der Waals surface area contributed by atoms with Crippen molar-refractivity contribution in [3.63, 3.8) is 0 Å². The molecule has 5 nitrogen and oxygen atoms in total. The molecule has 1 saturated heterocycles. The van der Waals surface area contributed by atoms with Crippen molar-refractivity contribution in [2.75, 3.05) is 13.2 Å². The van der Waals surface area contributed by atoms with Crippen molar-refractivity contribution in [3.8, 4) is 28.3 Å². The molecule has 2 aliphatic heterocycles. The molecule has 0 saturated carbocycles. The monoisotopic (exact) mass is 435 g/mol. The van der Waals surface area contributed by atoms with Gasteiger partial charge in [-0.3, -0.25) is 14.7 Å². The average molecular weight is 436 g/mol. The minimum atomic E-state index is -0.717. The molecule has 5 heteroatoms. The Morgan fingerprint density at radius 3 is 2.45 bits per heavy atom. The van der Waals surface area contributed by atoms with E-state index in [1.807, 2.05) is 61.5 Å². The molecular weight excluding hydrogens is 410 g/mol. The predicted molar refractivity (Wildman–Crippen MR) is 128 cm³/mol. The lowest BCUT2D eigenvalue weighted by atomic mass is 9.94. The van der Waals surface area contributed by atoms with Gasteiger partial charge in [0, 0.05) is 25.0 Å². The molecule has 164 valence electrons. The Labute approximate surface area is 194 Å². The van der Waals surface area contributed by atoms with Gasteiger partial charge in [0.1, 0.15) is 5.84 Å². The van der Waals surface area contributed by atoms with E-state index in [-0.39, 0.29) is 5.91 Å². The number of nitriles is 1. The molecule has 1 unspecified atom stereocenters. The van der Waals surface area contributed by atoms with Crippen molar-refractivity contribution in [2.45, 2.75) is 31.8 Å². The predicted octanol–water partition coefficient (Wildman–Crippen LogP) is 5.20. The Bertz CT molecular complexity index is 1250. The summed E-state index contributed by atoms with van der Waals surface area (Å²) in [7, 11) is 0. The van der Waals surface area contributed by atoms with E-state index in [4.69, 9.17) is 9.73 Å². The number of ether oxygens (including phenoxy) is 1. The molecule has 3 aromatic rings. The van der Waals surface area contributed by atoms with E-state index in [9.17, 15) is 10.1 Å². The lowest BCUT2D eigenvalue weighted by molar-refractivity contribution is -0.131. The molecular formula is C28H25N3O2. The SMILES string of the molecule is CCC1=NC2(CCOC2)C(=O)N1Cc1ccc(-c2cc(-c3ccccc3)ccc2C#N)cc1. The third-order valence-corrected chi connectivity index (χ3v) is 6.47. The van der Waals surface area contributed by atoms with Crippen LogP contribution in [0.4, 0.5) is 0 Å². The largest absolute Gasteiger partial charge is 0.378 e. The number of carbonyl (C=O) groups excluding carboxylic acids is 1. The first-order valence-electron chi connectivity index (χ1n) is 11.3. The maximum absolute atomic E-state index is 13.1. The molecule has 1 fully saturated rings. The second-order valence-electron chi connectivity index (χ2n) is 8.54. The van der Waals surface area contributed by atoms with Gasteiger partial charge in [0.05, 0.1) is 24.8 Å². The maximum Gasteiger partial charge on any atom is 0.258 e. The van der Waals surface area contributed by atoms with Gasteiger partial charge in [-0.1, -0.05) is 67.6 Å². The van der Waals surface area contributed by atoms with Crippen LogP contribution in [0, 0.1) is 11.3 Å². The summed E-state index contributed by atoms with van der Waals surface area (Å²) in [6, 6.07) is 26.5. The molecule has 0 aromatic heterocycles. The number of hydrogen-bond acceptors (Lipinski definition) is 4. The molecule has 0 aliphatic carbocycles. The lowest BCUT2D eigenvalue weighted by Crippen LogP contribution is -2.42. The molecule has 1 amide bonds. The van der Waals surface area contributed by atoms with Gasteiger partial charge < -0.3 is 4.74 Å². The highest BCUT2D eigenvalue weighted by atomic mass is 16.5. The van der Waals surface area contributed by atoms with Crippen molar-refractivity contribution in [3.05, 3.63) is 83.9 Å². The summed E-state index contributed by atoms with van der Waals surface area (Å²) >= 11 is 0. The van der Waals surface area contributed by atoms with Crippen LogP contribution in [-0.4, -0.2) is 35.4 Å². The Morgan fingerprint density at radius 1 is 1.03 bits per heavy atom. The zero-order chi connectivity index (χ0) is 22.8. The van der Waals surface area contributed by atoms with E-state index in [1.54, 1.807) is 4.90 Å². The fraction of sp³-hybridized carbons (Fsp3) is 0.250. The normalized spacial score (nSPS) is 19.7. The number of benzene rings is 3. The molecule has 2 aliphatic rings. The van der Waals surface area contributed by atoms with E-state index >= 15 is 0 Å². The molecule has 1 spiro atoms. The summed E-state index contributed by atoms with van der Waals surface area (Å²) < 4.78 is 5.49. The minimum absolute atomic E-state index is 0.0447. The quantitative estimate of drug-likeness (QED) is 0.553. The van der Waals surface area contributed by atoms with Gasteiger partial charge >= 0.3 is 0 Å².